The van der Waals surface area contributed by atoms with Crippen LogP contribution in [-0.4, -0.2) is 21.8 Å². The molecular weight excluding hydrogens is 499 g/mol. The average molecular weight is 519 g/mol. The second kappa shape index (κ2) is 11.1. The largest absolute Gasteiger partial charge is 0.437 e. The minimum atomic E-state index is -0.613. The quantitative estimate of drug-likeness (QED) is 0.262. The minimum Gasteiger partial charge on any atom is -0.437 e. The van der Waals surface area contributed by atoms with E-state index in [9.17, 15) is 14.9 Å². The molecule has 0 bridgehead atoms. The molecule has 1 amide bonds. The van der Waals surface area contributed by atoms with Gasteiger partial charge in [-0.3, -0.25) is 14.0 Å². The third-order valence-corrected chi connectivity index (χ3v) is 5.88. The molecule has 0 fully saturated rings. The van der Waals surface area contributed by atoms with E-state index in [0.29, 0.717) is 23.6 Å². The zero-order chi connectivity index (χ0) is 25.7. The number of hydrogen-bond donors (Lipinski definition) is 1. The van der Waals surface area contributed by atoms with Crippen LogP contribution in [0.25, 0.3) is 11.7 Å². The Bertz CT molecular complexity index is 1570. The van der Waals surface area contributed by atoms with Crippen LogP contribution in [0.1, 0.15) is 16.7 Å². The molecule has 0 radical (unpaired) electrons. The Labute approximate surface area is 217 Å². The summed E-state index contributed by atoms with van der Waals surface area (Å²) in [5, 5.41) is 13.0. The van der Waals surface area contributed by atoms with E-state index in [0.717, 1.165) is 11.1 Å². The van der Waals surface area contributed by atoms with E-state index in [4.69, 9.17) is 27.9 Å². The van der Waals surface area contributed by atoms with Crippen molar-refractivity contribution < 1.29 is 9.53 Å². The molecule has 0 aliphatic carbocycles. The molecule has 0 saturated heterocycles. The fraction of sp³-hybridized carbons (Fsp3) is 0.111. The molecule has 0 aliphatic rings. The fourth-order valence-corrected chi connectivity index (χ4v) is 3.96. The highest BCUT2D eigenvalue weighted by Gasteiger charge is 2.19. The first-order valence-electron chi connectivity index (χ1n) is 11.0. The van der Waals surface area contributed by atoms with Gasteiger partial charge in [-0.2, -0.15) is 10.2 Å². The summed E-state index contributed by atoms with van der Waals surface area (Å²) in [4.78, 5) is 30.7. The summed E-state index contributed by atoms with van der Waals surface area (Å²) in [6.07, 6.45) is 3.33. The van der Waals surface area contributed by atoms with Gasteiger partial charge in [0.2, 0.25) is 5.88 Å². The van der Waals surface area contributed by atoms with Crippen LogP contribution < -0.4 is 15.6 Å². The second-order valence-electron chi connectivity index (χ2n) is 7.86. The van der Waals surface area contributed by atoms with Crippen LogP contribution in [0, 0.1) is 18.3 Å². The molecule has 2 aromatic heterocycles. The maximum atomic E-state index is 13.4. The Morgan fingerprint density at radius 2 is 1.94 bits per heavy atom. The van der Waals surface area contributed by atoms with Crippen LogP contribution >= 0.6 is 23.2 Å². The summed E-state index contributed by atoms with van der Waals surface area (Å²) in [6, 6.07) is 19.6. The van der Waals surface area contributed by atoms with Gasteiger partial charge >= 0.3 is 0 Å². The standard InChI is InChI=1S/C27H20Cl2N4O3/c1-17-6-5-13-33-24(17)32-26(36-23-10-9-20(28)15-22(23)29)21(27(33)35)14-19(16-30)25(34)31-12-11-18-7-3-2-4-8-18/h2-10,13-15H,11-12H2,1H3,(H,31,34). The van der Waals surface area contributed by atoms with Crippen molar-refractivity contribution in [1.82, 2.24) is 14.7 Å². The van der Waals surface area contributed by atoms with Gasteiger partial charge in [-0.25, -0.2) is 0 Å². The predicted molar refractivity (Wildman–Crippen MR) is 139 cm³/mol. The van der Waals surface area contributed by atoms with Crippen LogP contribution in [0.5, 0.6) is 11.6 Å². The lowest BCUT2D eigenvalue weighted by atomic mass is 10.1. The van der Waals surface area contributed by atoms with Gasteiger partial charge in [0.1, 0.15) is 28.6 Å². The Morgan fingerprint density at radius 1 is 1.17 bits per heavy atom. The van der Waals surface area contributed by atoms with Crippen molar-refractivity contribution >= 4 is 40.8 Å². The number of nitrogens with zero attached hydrogens (tertiary/aromatic N) is 3. The van der Waals surface area contributed by atoms with Gasteiger partial charge in [0.15, 0.2) is 0 Å². The van der Waals surface area contributed by atoms with Crippen molar-refractivity contribution in [2.24, 2.45) is 0 Å². The van der Waals surface area contributed by atoms with E-state index < -0.39 is 11.5 Å². The molecular formula is C27H20Cl2N4O3. The molecule has 2 heterocycles. The molecule has 0 spiro atoms. The van der Waals surface area contributed by atoms with Crippen molar-refractivity contribution in [2.75, 3.05) is 6.54 Å². The van der Waals surface area contributed by atoms with Crippen LogP contribution in [-0.2, 0) is 11.2 Å². The average Bonchev–Trinajstić information content (AvgIpc) is 2.87. The number of aryl methyl sites for hydroxylation is 1. The number of carbonyl (C=O) groups excluding carboxylic acids is 1. The predicted octanol–water partition coefficient (Wildman–Crippen LogP) is 5.37. The highest BCUT2D eigenvalue weighted by atomic mass is 35.5. The first-order valence-corrected chi connectivity index (χ1v) is 11.7. The number of pyridine rings is 1. The van der Waals surface area contributed by atoms with Gasteiger partial charge in [0.25, 0.3) is 11.5 Å². The van der Waals surface area contributed by atoms with Crippen molar-refractivity contribution in [3.05, 3.63) is 110 Å². The van der Waals surface area contributed by atoms with Crippen molar-refractivity contribution in [2.45, 2.75) is 13.3 Å². The Morgan fingerprint density at radius 3 is 2.67 bits per heavy atom. The molecule has 7 nitrogen and oxygen atoms in total. The van der Waals surface area contributed by atoms with Gasteiger partial charge in [-0.15, -0.1) is 0 Å². The third-order valence-electron chi connectivity index (χ3n) is 5.35. The number of aromatic nitrogens is 2. The first kappa shape index (κ1) is 25.0. The number of hydrogen-bond acceptors (Lipinski definition) is 5. The number of fused-ring (bicyclic) bond motifs is 1. The number of halogens is 2. The van der Waals surface area contributed by atoms with E-state index in [-0.39, 0.29) is 27.8 Å². The van der Waals surface area contributed by atoms with E-state index in [1.54, 1.807) is 37.4 Å². The molecule has 36 heavy (non-hydrogen) atoms. The van der Waals surface area contributed by atoms with Crippen LogP contribution in [0.2, 0.25) is 10.0 Å². The lowest BCUT2D eigenvalue weighted by Gasteiger charge is -2.12. The van der Waals surface area contributed by atoms with Gasteiger partial charge in [-0.05, 0) is 54.8 Å². The lowest BCUT2D eigenvalue weighted by Crippen LogP contribution is -2.27. The van der Waals surface area contributed by atoms with E-state index >= 15 is 0 Å². The Balaban J connectivity index is 1.72. The summed E-state index contributed by atoms with van der Waals surface area (Å²) in [6.45, 7) is 2.12. The van der Waals surface area contributed by atoms with Gasteiger partial charge < -0.3 is 10.1 Å². The molecule has 0 aliphatic heterocycles. The Hall–Kier alpha value is -4.12. The maximum Gasteiger partial charge on any atom is 0.269 e. The molecule has 0 atom stereocenters. The SMILES string of the molecule is Cc1cccn2c(=O)c(C=C(C#N)C(=O)NCCc3ccccc3)c(Oc3ccc(Cl)cc3Cl)nc12. The van der Waals surface area contributed by atoms with Crippen LogP contribution in [0.15, 0.2) is 77.2 Å². The lowest BCUT2D eigenvalue weighted by molar-refractivity contribution is -0.117. The summed E-state index contributed by atoms with van der Waals surface area (Å²) in [5.74, 6) is -0.493. The first-order chi connectivity index (χ1) is 17.4. The summed E-state index contributed by atoms with van der Waals surface area (Å²) >= 11 is 12.2. The van der Waals surface area contributed by atoms with Crippen LogP contribution in [0.4, 0.5) is 0 Å². The molecule has 180 valence electrons. The third kappa shape index (κ3) is 5.57. The monoisotopic (exact) mass is 518 g/mol. The van der Waals surface area contributed by atoms with Gasteiger partial charge in [0.05, 0.1) is 5.02 Å². The summed E-state index contributed by atoms with van der Waals surface area (Å²) in [5.41, 5.74) is 1.30. The number of rotatable bonds is 7. The topological polar surface area (TPSA) is 96.5 Å². The zero-order valence-corrected chi connectivity index (χ0v) is 20.7. The number of amides is 1. The van der Waals surface area contributed by atoms with Crippen molar-refractivity contribution in [3.8, 4) is 17.7 Å². The van der Waals surface area contributed by atoms with Crippen molar-refractivity contribution in [1.29, 1.82) is 5.26 Å². The molecule has 0 unspecified atom stereocenters. The number of benzene rings is 2. The summed E-state index contributed by atoms with van der Waals surface area (Å²) in [7, 11) is 0. The molecule has 4 aromatic rings. The fourth-order valence-electron chi connectivity index (χ4n) is 3.51. The normalized spacial score (nSPS) is 11.2. The molecule has 1 N–H and O–H groups in total. The molecule has 2 aromatic carbocycles. The number of nitrogens with one attached hydrogen (secondary N) is 1. The van der Waals surface area contributed by atoms with Crippen LogP contribution in [0.3, 0.4) is 0 Å². The van der Waals surface area contributed by atoms with Gasteiger partial charge in [-0.1, -0.05) is 59.6 Å². The number of ether oxygens (including phenoxy) is 1. The summed E-state index contributed by atoms with van der Waals surface area (Å²) < 4.78 is 7.24. The van der Waals surface area contributed by atoms with E-state index in [2.05, 4.69) is 10.3 Å². The minimum absolute atomic E-state index is 0.0705. The molecule has 4 rings (SSSR count). The number of nitriles is 1. The molecule has 9 heteroatoms. The second-order valence-corrected chi connectivity index (χ2v) is 8.70. The zero-order valence-electron chi connectivity index (χ0n) is 19.2. The molecule has 0 saturated carbocycles. The highest BCUT2D eigenvalue weighted by molar-refractivity contribution is 6.35. The van der Waals surface area contributed by atoms with Crippen molar-refractivity contribution in [3.63, 3.8) is 0 Å². The van der Waals surface area contributed by atoms with E-state index in [1.165, 1.54) is 16.5 Å². The van der Waals surface area contributed by atoms with Gasteiger partial charge in [0, 0.05) is 17.8 Å². The Kier molecular flexibility index (Phi) is 7.69. The maximum absolute atomic E-state index is 13.4. The number of carbonyl (C=O) groups is 1. The van der Waals surface area contributed by atoms with E-state index in [1.807, 2.05) is 36.4 Å². The smallest absolute Gasteiger partial charge is 0.269 e. The highest BCUT2D eigenvalue weighted by Crippen LogP contribution is 2.32.